The largest absolute Gasteiger partial charge is 0.363 e. The zero-order valence-corrected chi connectivity index (χ0v) is 10.7. The van der Waals surface area contributed by atoms with Gasteiger partial charge in [-0.2, -0.15) is 0 Å². The molecule has 0 radical (unpaired) electrons. The lowest BCUT2D eigenvalue weighted by Crippen LogP contribution is -2.28. The summed E-state index contributed by atoms with van der Waals surface area (Å²) in [4.78, 5) is 13.5. The molecule has 92 valence electrons. The van der Waals surface area contributed by atoms with Crippen molar-refractivity contribution < 1.29 is 4.92 Å². The molecular formula is C12H16N2O2S. The summed E-state index contributed by atoms with van der Waals surface area (Å²) in [7, 11) is 0. The quantitative estimate of drug-likeness (QED) is 0.612. The van der Waals surface area contributed by atoms with E-state index in [2.05, 4.69) is 11.0 Å². The van der Waals surface area contributed by atoms with Gasteiger partial charge in [0.15, 0.2) is 0 Å². The van der Waals surface area contributed by atoms with Crippen LogP contribution in [0.2, 0.25) is 0 Å². The molecule has 1 fully saturated rings. The van der Waals surface area contributed by atoms with Crippen molar-refractivity contribution in [1.29, 1.82) is 0 Å². The minimum atomic E-state index is -0.347. The van der Waals surface area contributed by atoms with Crippen LogP contribution >= 0.6 is 11.3 Å². The lowest BCUT2D eigenvalue weighted by atomic mass is 10.1. The van der Waals surface area contributed by atoms with Gasteiger partial charge in [-0.25, -0.2) is 0 Å². The molecule has 1 aliphatic rings. The fourth-order valence-corrected chi connectivity index (χ4v) is 3.02. The molecule has 0 bridgehead atoms. The van der Waals surface area contributed by atoms with Crippen LogP contribution in [0, 0.1) is 10.1 Å². The Morgan fingerprint density at radius 2 is 2.12 bits per heavy atom. The number of rotatable bonds is 3. The van der Waals surface area contributed by atoms with Crippen molar-refractivity contribution in [2.45, 2.75) is 26.2 Å². The standard InChI is InChI=1S/C12H16N2O2S/c1-10(14(15)16)9-11-5-6-12(17-11)13-7-3-2-4-8-13/h5-6,9H,2-4,7-8H2,1H3/b10-9+. The zero-order valence-electron chi connectivity index (χ0n) is 9.89. The number of nitrogens with zero attached hydrogens (tertiary/aromatic N) is 2. The van der Waals surface area contributed by atoms with Crippen LogP contribution in [-0.4, -0.2) is 18.0 Å². The maximum atomic E-state index is 10.5. The third-order valence-electron chi connectivity index (χ3n) is 2.92. The van der Waals surface area contributed by atoms with Gasteiger partial charge in [-0.15, -0.1) is 11.3 Å². The van der Waals surface area contributed by atoms with E-state index in [4.69, 9.17) is 0 Å². The molecular weight excluding hydrogens is 236 g/mol. The first-order valence-corrected chi connectivity index (χ1v) is 6.66. The fourth-order valence-electron chi connectivity index (χ4n) is 1.96. The number of piperidine rings is 1. The summed E-state index contributed by atoms with van der Waals surface area (Å²) in [5, 5.41) is 11.8. The highest BCUT2D eigenvalue weighted by Crippen LogP contribution is 2.29. The van der Waals surface area contributed by atoms with E-state index >= 15 is 0 Å². The topological polar surface area (TPSA) is 46.4 Å². The summed E-state index contributed by atoms with van der Waals surface area (Å²) in [6.45, 7) is 3.75. The highest BCUT2D eigenvalue weighted by molar-refractivity contribution is 7.16. The lowest BCUT2D eigenvalue weighted by molar-refractivity contribution is -0.422. The molecule has 0 amide bonds. The molecule has 1 aliphatic heterocycles. The smallest absolute Gasteiger partial charge is 0.244 e. The molecule has 0 N–H and O–H groups in total. The molecule has 0 aromatic carbocycles. The summed E-state index contributed by atoms with van der Waals surface area (Å²) >= 11 is 1.63. The summed E-state index contributed by atoms with van der Waals surface area (Å²) < 4.78 is 0. The third kappa shape index (κ3) is 3.06. The minimum Gasteiger partial charge on any atom is -0.363 e. The molecule has 1 saturated heterocycles. The lowest BCUT2D eigenvalue weighted by Gasteiger charge is -2.27. The number of nitro groups is 1. The van der Waals surface area contributed by atoms with Gasteiger partial charge < -0.3 is 4.90 Å². The highest BCUT2D eigenvalue weighted by Gasteiger charge is 2.13. The molecule has 1 aromatic rings. The van der Waals surface area contributed by atoms with Crippen LogP contribution in [0.3, 0.4) is 0 Å². The van der Waals surface area contributed by atoms with E-state index in [1.54, 1.807) is 17.4 Å². The van der Waals surface area contributed by atoms with Gasteiger partial charge in [-0.1, -0.05) is 0 Å². The molecule has 2 heterocycles. The van der Waals surface area contributed by atoms with Crippen LogP contribution in [-0.2, 0) is 0 Å². The van der Waals surface area contributed by atoms with Crippen LogP contribution in [0.1, 0.15) is 31.1 Å². The van der Waals surface area contributed by atoms with Gasteiger partial charge in [0.2, 0.25) is 5.70 Å². The van der Waals surface area contributed by atoms with Gasteiger partial charge in [0.05, 0.1) is 9.92 Å². The second-order valence-electron chi connectivity index (χ2n) is 4.27. The molecule has 0 atom stereocenters. The maximum absolute atomic E-state index is 10.5. The second kappa shape index (κ2) is 5.31. The van der Waals surface area contributed by atoms with Crippen molar-refractivity contribution in [1.82, 2.24) is 0 Å². The van der Waals surface area contributed by atoms with E-state index in [1.807, 2.05) is 6.07 Å². The molecule has 5 heteroatoms. The average molecular weight is 252 g/mol. The van der Waals surface area contributed by atoms with E-state index in [-0.39, 0.29) is 10.6 Å². The SMILES string of the molecule is C/C(=C\c1ccc(N2CCCCC2)s1)[N+](=O)[O-]. The second-order valence-corrected chi connectivity index (χ2v) is 5.36. The van der Waals surface area contributed by atoms with Crippen LogP contribution in [0.5, 0.6) is 0 Å². The van der Waals surface area contributed by atoms with Crippen molar-refractivity contribution >= 4 is 22.4 Å². The maximum Gasteiger partial charge on any atom is 0.244 e. The predicted molar refractivity (Wildman–Crippen MR) is 71.0 cm³/mol. The zero-order chi connectivity index (χ0) is 12.3. The van der Waals surface area contributed by atoms with E-state index in [1.165, 1.54) is 31.2 Å². The number of hydrogen-bond donors (Lipinski definition) is 0. The van der Waals surface area contributed by atoms with Crippen molar-refractivity contribution in [2.75, 3.05) is 18.0 Å². The summed E-state index contributed by atoms with van der Waals surface area (Å²) in [5.41, 5.74) is 0.192. The highest BCUT2D eigenvalue weighted by atomic mass is 32.1. The Balaban J connectivity index is 2.10. The molecule has 17 heavy (non-hydrogen) atoms. The van der Waals surface area contributed by atoms with Crippen LogP contribution < -0.4 is 4.90 Å². The van der Waals surface area contributed by atoms with Gasteiger partial charge in [-0.3, -0.25) is 10.1 Å². The number of anilines is 1. The van der Waals surface area contributed by atoms with Crippen LogP contribution in [0.15, 0.2) is 17.8 Å². The van der Waals surface area contributed by atoms with E-state index in [9.17, 15) is 10.1 Å². The molecule has 2 rings (SSSR count). The van der Waals surface area contributed by atoms with Crippen LogP contribution in [0.25, 0.3) is 6.08 Å². The molecule has 1 aromatic heterocycles. The summed E-state index contributed by atoms with van der Waals surface area (Å²) in [5.74, 6) is 0. The predicted octanol–water partition coefficient (Wildman–Crippen LogP) is 3.38. The normalized spacial score (nSPS) is 17.2. The Morgan fingerprint density at radius 1 is 1.41 bits per heavy atom. The Bertz CT molecular complexity index is 433. The van der Waals surface area contributed by atoms with Gasteiger partial charge in [0.25, 0.3) is 0 Å². The monoisotopic (exact) mass is 252 g/mol. The first-order valence-electron chi connectivity index (χ1n) is 5.84. The first kappa shape index (κ1) is 12.1. The molecule has 0 saturated carbocycles. The van der Waals surface area contributed by atoms with E-state index < -0.39 is 0 Å². The Labute approximate surface area is 105 Å². The first-order chi connectivity index (χ1) is 8.16. The summed E-state index contributed by atoms with van der Waals surface area (Å²) in [6.07, 6.45) is 5.45. The van der Waals surface area contributed by atoms with Gasteiger partial charge >= 0.3 is 0 Å². The van der Waals surface area contributed by atoms with Crippen molar-refractivity contribution in [2.24, 2.45) is 0 Å². The van der Waals surface area contributed by atoms with Gasteiger partial charge in [0, 0.05) is 31.0 Å². The van der Waals surface area contributed by atoms with Gasteiger partial charge in [0.1, 0.15) is 0 Å². The van der Waals surface area contributed by atoms with Crippen LogP contribution in [0.4, 0.5) is 5.00 Å². The minimum absolute atomic E-state index is 0.192. The fraction of sp³-hybridized carbons (Fsp3) is 0.500. The van der Waals surface area contributed by atoms with Crippen molar-refractivity contribution in [3.8, 4) is 0 Å². The number of thiophene rings is 1. The average Bonchev–Trinajstić information content (AvgIpc) is 2.78. The molecule has 0 unspecified atom stereocenters. The Kier molecular flexibility index (Phi) is 3.78. The van der Waals surface area contributed by atoms with Gasteiger partial charge in [-0.05, 0) is 31.4 Å². The molecule has 0 aliphatic carbocycles. The van der Waals surface area contributed by atoms with Crippen molar-refractivity contribution in [3.05, 3.63) is 32.8 Å². The Morgan fingerprint density at radius 3 is 2.76 bits per heavy atom. The van der Waals surface area contributed by atoms with E-state index in [0.29, 0.717) is 0 Å². The van der Waals surface area contributed by atoms with E-state index in [0.717, 1.165) is 18.0 Å². The third-order valence-corrected chi connectivity index (χ3v) is 4.01. The molecule has 0 spiro atoms. The number of allylic oxidation sites excluding steroid dienone is 1. The molecule has 4 nitrogen and oxygen atoms in total. The summed E-state index contributed by atoms with van der Waals surface area (Å²) in [6, 6.07) is 4.02. The number of hydrogen-bond acceptors (Lipinski definition) is 4. The Hall–Kier alpha value is -1.36. The van der Waals surface area contributed by atoms with Crippen molar-refractivity contribution in [3.63, 3.8) is 0 Å².